The largest absolute Gasteiger partial charge is 0.506 e. The topological polar surface area (TPSA) is 76.1 Å². The molecule has 3 rings (SSSR count). The van der Waals surface area contributed by atoms with E-state index in [4.69, 9.17) is 17.3 Å². The highest BCUT2D eigenvalue weighted by molar-refractivity contribution is 6.33. The molecule has 0 amide bonds. The number of phenolic OH excluding ortho intramolecular Hbond substituents is 1. The van der Waals surface area contributed by atoms with Gasteiger partial charge in [-0.15, -0.1) is 0 Å². The average Bonchev–Trinajstić information content (AvgIpc) is 2.76. The Labute approximate surface area is 124 Å². The second-order valence-corrected chi connectivity index (χ2v) is 4.99. The number of aromatic hydroxyl groups is 1. The van der Waals surface area contributed by atoms with Gasteiger partial charge in [-0.1, -0.05) is 17.7 Å². The van der Waals surface area contributed by atoms with Crippen LogP contribution in [-0.4, -0.2) is 14.7 Å². The Morgan fingerprint density at radius 3 is 2.81 bits per heavy atom. The highest BCUT2D eigenvalue weighted by Crippen LogP contribution is 2.33. The summed E-state index contributed by atoms with van der Waals surface area (Å²) in [6.07, 6.45) is 0. The minimum absolute atomic E-state index is 0.0269. The summed E-state index contributed by atoms with van der Waals surface area (Å²) in [6.45, 7) is 0. The number of benzene rings is 2. The lowest BCUT2D eigenvalue weighted by Crippen LogP contribution is -2.02. The summed E-state index contributed by atoms with van der Waals surface area (Å²) in [5.41, 5.74) is 7.35. The van der Waals surface area contributed by atoms with Gasteiger partial charge >= 0.3 is 0 Å². The molecule has 0 atom stereocenters. The van der Waals surface area contributed by atoms with Gasteiger partial charge in [-0.2, -0.15) is 0 Å². The van der Waals surface area contributed by atoms with Crippen molar-refractivity contribution in [2.24, 2.45) is 7.05 Å². The summed E-state index contributed by atoms with van der Waals surface area (Å²) < 4.78 is 15.5. The van der Waals surface area contributed by atoms with Crippen LogP contribution in [0.2, 0.25) is 5.02 Å². The van der Waals surface area contributed by atoms with E-state index in [2.05, 4.69) is 10.3 Å². The summed E-state index contributed by atoms with van der Waals surface area (Å²) >= 11 is 5.98. The van der Waals surface area contributed by atoms with Crippen LogP contribution in [0.15, 0.2) is 30.3 Å². The van der Waals surface area contributed by atoms with Gasteiger partial charge < -0.3 is 20.7 Å². The van der Waals surface area contributed by atoms with E-state index >= 15 is 0 Å². The number of nitrogen functional groups attached to an aromatic ring is 1. The Hall–Kier alpha value is -2.47. The van der Waals surface area contributed by atoms with Crippen LogP contribution < -0.4 is 11.1 Å². The van der Waals surface area contributed by atoms with Crippen molar-refractivity contribution < 1.29 is 9.50 Å². The van der Waals surface area contributed by atoms with Gasteiger partial charge in [0.2, 0.25) is 5.95 Å². The lowest BCUT2D eigenvalue weighted by Gasteiger charge is -2.09. The van der Waals surface area contributed by atoms with Gasteiger partial charge in [0, 0.05) is 7.05 Å². The first kappa shape index (κ1) is 13.5. The van der Waals surface area contributed by atoms with Gasteiger partial charge in [-0.3, -0.25) is 0 Å². The molecule has 0 aliphatic heterocycles. The minimum Gasteiger partial charge on any atom is -0.506 e. The Kier molecular flexibility index (Phi) is 3.10. The Morgan fingerprint density at radius 1 is 1.33 bits per heavy atom. The third-order valence-electron chi connectivity index (χ3n) is 3.25. The third kappa shape index (κ3) is 2.13. The van der Waals surface area contributed by atoms with Gasteiger partial charge in [-0.25, -0.2) is 9.37 Å². The summed E-state index contributed by atoms with van der Waals surface area (Å²) in [6, 6.07) is 7.50. The SMILES string of the molecule is Cn1c(Nc2c(F)cccc2Cl)nc2ccc(O)c(N)c21. The van der Waals surface area contributed by atoms with Crippen LogP contribution in [0.5, 0.6) is 5.75 Å². The van der Waals surface area contributed by atoms with Gasteiger partial charge in [0.25, 0.3) is 0 Å². The van der Waals surface area contributed by atoms with Crippen molar-refractivity contribution in [3.63, 3.8) is 0 Å². The molecule has 108 valence electrons. The van der Waals surface area contributed by atoms with E-state index in [1.165, 1.54) is 18.2 Å². The van der Waals surface area contributed by atoms with Crippen LogP contribution >= 0.6 is 11.6 Å². The van der Waals surface area contributed by atoms with Gasteiger partial charge in [-0.05, 0) is 24.3 Å². The number of imidazole rings is 1. The maximum absolute atomic E-state index is 13.8. The molecule has 0 saturated heterocycles. The van der Waals surface area contributed by atoms with E-state index in [1.807, 2.05) is 0 Å². The second kappa shape index (κ2) is 4.82. The number of hydrogen-bond donors (Lipinski definition) is 3. The van der Waals surface area contributed by atoms with Crippen LogP contribution in [0.25, 0.3) is 11.0 Å². The Bertz CT molecular complexity index is 826. The molecule has 21 heavy (non-hydrogen) atoms. The molecule has 2 aromatic carbocycles. The highest BCUT2D eigenvalue weighted by Gasteiger charge is 2.15. The van der Waals surface area contributed by atoms with E-state index < -0.39 is 5.82 Å². The number of aryl methyl sites for hydroxylation is 1. The highest BCUT2D eigenvalue weighted by atomic mass is 35.5. The zero-order valence-electron chi connectivity index (χ0n) is 11.1. The van der Waals surface area contributed by atoms with Crippen LogP contribution in [0.1, 0.15) is 0 Å². The van der Waals surface area contributed by atoms with E-state index in [1.54, 1.807) is 23.7 Å². The average molecular weight is 307 g/mol. The second-order valence-electron chi connectivity index (χ2n) is 4.58. The molecule has 4 N–H and O–H groups in total. The zero-order chi connectivity index (χ0) is 15.1. The maximum atomic E-state index is 13.8. The van der Waals surface area contributed by atoms with E-state index in [9.17, 15) is 9.50 Å². The fraction of sp³-hybridized carbons (Fsp3) is 0.0714. The number of aromatic nitrogens is 2. The van der Waals surface area contributed by atoms with Crippen LogP contribution in [0, 0.1) is 5.82 Å². The number of nitrogens with zero attached hydrogens (tertiary/aromatic N) is 2. The lowest BCUT2D eigenvalue weighted by molar-refractivity contribution is 0.478. The number of anilines is 3. The molecule has 5 nitrogen and oxygen atoms in total. The summed E-state index contributed by atoms with van der Waals surface area (Å²) in [5.74, 6) is -0.138. The number of phenols is 1. The molecule has 1 aromatic heterocycles. The first-order valence-electron chi connectivity index (χ1n) is 6.14. The predicted octanol–water partition coefficient (Wildman–Crippen LogP) is 3.40. The number of rotatable bonds is 2. The minimum atomic E-state index is -0.481. The Balaban J connectivity index is 2.14. The normalized spacial score (nSPS) is 11.0. The Morgan fingerprint density at radius 2 is 2.10 bits per heavy atom. The molecule has 0 spiro atoms. The fourth-order valence-electron chi connectivity index (χ4n) is 2.16. The molecule has 3 aromatic rings. The smallest absolute Gasteiger partial charge is 0.208 e. The lowest BCUT2D eigenvalue weighted by atomic mass is 10.2. The molecule has 7 heteroatoms. The van der Waals surface area contributed by atoms with E-state index in [0.717, 1.165) is 0 Å². The molecule has 0 aliphatic rings. The van der Waals surface area contributed by atoms with E-state index in [0.29, 0.717) is 17.0 Å². The first-order chi connectivity index (χ1) is 9.99. The summed E-state index contributed by atoms with van der Waals surface area (Å²) in [5, 5.41) is 12.8. The molecule has 0 radical (unpaired) electrons. The van der Waals surface area contributed by atoms with Crippen LogP contribution in [0.3, 0.4) is 0 Å². The van der Waals surface area contributed by atoms with Crippen molar-refractivity contribution in [2.45, 2.75) is 0 Å². The molecule has 0 saturated carbocycles. The number of halogens is 2. The van der Waals surface area contributed by atoms with Crippen molar-refractivity contribution in [3.8, 4) is 5.75 Å². The quantitative estimate of drug-likeness (QED) is 0.501. The van der Waals surface area contributed by atoms with Crippen LogP contribution in [-0.2, 0) is 7.05 Å². The number of fused-ring (bicyclic) bond motifs is 1. The first-order valence-corrected chi connectivity index (χ1v) is 6.51. The standard InChI is InChI=1S/C14H12ClFN4O/c1-20-13-9(5-6-10(21)11(13)17)18-14(20)19-12-7(15)3-2-4-8(12)16/h2-6,21H,17H2,1H3,(H,18,19). The molecule has 0 aliphatic carbocycles. The fourth-order valence-corrected chi connectivity index (χ4v) is 2.37. The molecule has 0 bridgehead atoms. The van der Waals surface area contributed by atoms with Crippen molar-refractivity contribution in [1.82, 2.24) is 9.55 Å². The summed E-state index contributed by atoms with van der Waals surface area (Å²) in [7, 11) is 1.71. The third-order valence-corrected chi connectivity index (χ3v) is 3.57. The molecular weight excluding hydrogens is 295 g/mol. The van der Waals surface area contributed by atoms with E-state index in [-0.39, 0.29) is 22.1 Å². The monoisotopic (exact) mass is 306 g/mol. The number of nitrogens with two attached hydrogens (primary N) is 1. The summed E-state index contributed by atoms with van der Waals surface area (Å²) in [4.78, 5) is 4.33. The van der Waals surface area contributed by atoms with Crippen LogP contribution in [0.4, 0.5) is 21.7 Å². The maximum Gasteiger partial charge on any atom is 0.208 e. The number of para-hydroxylation sites is 1. The molecule has 1 heterocycles. The van der Waals surface area contributed by atoms with Crippen molar-refractivity contribution in [1.29, 1.82) is 0 Å². The molecule has 0 unspecified atom stereocenters. The zero-order valence-corrected chi connectivity index (χ0v) is 11.8. The van der Waals surface area contributed by atoms with Gasteiger partial charge in [0.15, 0.2) is 0 Å². The van der Waals surface area contributed by atoms with Gasteiger partial charge in [0.1, 0.15) is 17.3 Å². The number of hydrogen-bond acceptors (Lipinski definition) is 4. The van der Waals surface area contributed by atoms with Crippen molar-refractivity contribution >= 4 is 40.0 Å². The molecular formula is C14H12ClFN4O. The van der Waals surface area contributed by atoms with Gasteiger partial charge in [0.05, 0.1) is 21.7 Å². The molecule has 0 fully saturated rings. The predicted molar refractivity (Wildman–Crippen MR) is 81.5 cm³/mol. The number of nitrogens with one attached hydrogen (secondary N) is 1. The van der Waals surface area contributed by atoms with Crippen molar-refractivity contribution in [2.75, 3.05) is 11.1 Å². The van der Waals surface area contributed by atoms with Crippen molar-refractivity contribution in [3.05, 3.63) is 41.2 Å².